The first-order valence-corrected chi connectivity index (χ1v) is 4.62. The van der Waals surface area contributed by atoms with Crippen LogP contribution in [0.1, 0.15) is 5.56 Å². The van der Waals surface area contributed by atoms with Crippen LogP contribution in [-0.2, 0) is 26.4 Å². The summed E-state index contributed by atoms with van der Waals surface area (Å²) in [6.45, 7) is 9.00. The van der Waals surface area contributed by atoms with Gasteiger partial charge >= 0.3 is 39.7 Å². The molecular formula is C14H10FeN2O2. The summed E-state index contributed by atoms with van der Waals surface area (Å²) in [5.41, 5.74) is 8.10. The molecule has 5 heteroatoms. The van der Waals surface area contributed by atoms with E-state index in [9.17, 15) is 0 Å². The van der Waals surface area contributed by atoms with Gasteiger partial charge in [0.1, 0.15) is 0 Å². The molecule has 0 atom stereocenters. The summed E-state index contributed by atoms with van der Waals surface area (Å²) in [6, 6.07) is 18.4. The first kappa shape index (κ1) is 22.1. The van der Waals surface area contributed by atoms with Crippen molar-refractivity contribution in [2.24, 2.45) is 0 Å². The van der Waals surface area contributed by atoms with Crippen LogP contribution in [0.4, 0.5) is 5.69 Å². The molecule has 96 valence electrons. The van der Waals surface area contributed by atoms with Crippen LogP contribution in [0.3, 0.4) is 0 Å². The normalized spacial score (nSPS) is 6.26. The Morgan fingerprint density at radius 3 is 1.68 bits per heavy atom. The van der Waals surface area contributed by atoms with Crippen LogP contribution in [0.5, 0.6) is 0 Å². The largest absolute Gasteiger partial charge is 2.00 e. The quantitative estimate of drug-likeness (QED) is 0.415. The molecule has 0 unspecified atom stereocenters. The molecule has 0 aromatic heterocycles. The minimum atomic E-state index is 0. The summed E-state index contributed by atoms with van der Waals surface area (Å²) < 4.78 is 15.0. The maximum atomic E-state index is 8.32. The van der Waals surface area contributed by atoms with Crippen molar-refractivity contribution in [2.45, 2.75) is 0 Å². The Bertz CT molecular complexity index is 444. The Morgan fingerprint density at radius 2 is 1.42 bits per heavy atom. The summed E-state index contributed by atoms with van der Waals surface area (Å²) >= 11 is 0. The van der Waals surface area contributed by atoms with Gasteiger partial charge in [0.25, 0.3) is 0 Å². The molecule has 0 saturated carbocycles. The molecule has 1 N–H and O–H groups in total. The molecule has 4 nitrogen and oxygen atoms in total. The van der Waals surface area contributed by atoms with Gasteiger partial charge in [0.2, 0.25) is 0 Å². The summed E-state index contributed by atoms with van der Waals surface area (Å²) in [4.78, 5) is 0. The summed E-state index contributed by atoms with van der Waals surface area (Å²) in [5, 5.41) is 8.32. The smallest absolute Gasteiger partial charge is 0.214 e. The molecule has 0 fully saturated rings. The van der Waals surface area contributed by atoms with Gasteiger partial charge < -0.3 is 5.73 Å². The average molecular weight is 294 g/mol. The third kappa shape index (κ3) is 13.8. The van der Waals surface area contributed by atoms with Gasteiger partial charge in [-0.2, -0.15) is 23.5 Å². The minimum Gasteiger partial charge on any atom is -0.214 e. The van der Waals surface area contributed by atoms with E-state index >= 15 is 0 Å². The molecule has 0 heterocycles. The molecule has 0 radical (unpaired) electrons. The van der Waals surface area contributed by atoms with Crippen LogP contribution < -0.4 is 0 Å². The molecule has 0 bridgehead atoms. The zero-order valence-electron chi connectivity index (χ0n) is 9.81. The third-order valence-corrected chi connectivity index (χ3v) is 1.57. The van der Waals surface area contributed by atoms with Crippen LogP contribution >= 0.6 is 0 Å². The first-order valence-electron chi connectivity index (χ1n) is 4.62. The average Bonchev–Trinajstić information content (AvgIpc) is 3.03. The second-order valence-electron chi connectivity index (χ2n) is 2.65. The second kappa shape index (κ2) is 18.2. The van der Waals surface area contributed by atoms with E-state index in [1.807, 2.05) is 36.4 Å². The van der Waals surface area contributed by atoms with Gasteiger partial charge in [0, 0.05) is 0 Å². The maximum Gasteiger partial charge on any atom is 2.00 e. The Kier molecular flexibility index (Phi) is 21.2. The number of hydrogen-bond acceptors (Lipinski definition) is 1. The molecule has 0 amide bonds. The summed E-state index contributed by atoms with van der Waals surface area (Å²) in [7, 11) is 0. The van der Waals surface area contributed by atoms with E-state index in [2.05, 4.69) is 13.3 Å². The number of nitriles is 1. The van der Waals surface area contributed by atoms with Crippen molar-refractivity contribution in [1.82, 2.24) is 0 Å². The summed E-state index contributed by atoms with van der Waals surface area (Å²) in [6.07, 6.45) is 0. The molecule has 19 heavy (non-hydrogen) atoms. The molecule has 2 rings (SSSR count). The molecule has 0 aliphatic heterocycles. The molecule has 0 spiro atoms. The molecular weight excluding hydrogens is 284 g/mol. The molecule has 0 aliphatic rings. The predicted octanol–water partition coefficient (Wildman–Crippen LogP) is 3.57. The third-order valence-electron chi connectivity index (χ3n) is 1.57. The van der Waals surface area contributed by atoms with E-state index in [0.29, 0.717) is 11.3 Å². The summed E-state index contributed by atoms with van der Waals surface area (Å²) in [5.74, 6) is 0. The molecule has 0 saturated heterocycles. The van der Waals surface area contributed by atoms with Gasteiger partial charge in [0.05, 0.1) is 11.6 Å². The Morgan fingerprint density at radius 1 is 1.00 bits per heavy atom. The van der Waals surface area contributed by atoms with E-state index in [0.717, 1.165) is 0 Å². The monoisotopic (exact) mass is 294 g/mol. The van der Waals surface area contributed by atoms with Crippen molar-refractivity contribution in [1.29, 1.82) is 5.26 Å². The SMILES string of the molecule is N#Cc1ccc([NH-])cc1.[C-]#[O+].[C-]#[O+].[Fe+2].c1cc[cH-]c1. The fourth-order valence-electron chi connectivity index (χ4n) is 0.866. The van der Waals surface area contributed by atoms with Crippen LogP contribution in [0.15, 0.2) is 54.6 Å². The standard InChI is InChI=1S/C7H5N2.C5H5.2CO.Fe/c8-5-6-1-3-7(9)4-2-6;1-2-4-5-3-1;2*1-2;/h1-4,9H;1-5H;;;/q2*-1;;;+2. The Hall–Kier alpha value is -2.14. The number of hydrogen-bond donors (Lipinski definition) is 0. The molecule has 2 aromatic rings. The van der Waals surface area contributed by atoms with Crippen LogP contribution in [0.25, 0.3) is 5.73 Å². The van der Waals surface area contributed by atoms with Crippen LogP contribution in [0, 0.1) is 24.6 Å². The van der Waals surface area contributed by atoms with Gasteiger partial charge in [0.15, 0.2) is 0 Å². The van der Waals surface area contributed by atoms with Crippen molar-refractivity contribution in [2.75, 3.05) is 0 Å². The van der Waals surface area contributed by atoms with Crippen molar-refractivity contribution in [3.05, 3.63) is 79.2 Å². The van der Waals surface area contributed by atoms with Crippen LogP contribution in [-0.4, -0.2) is 0 Å². The van der Waals surface area contributed by atoms with Crippen molar-refractivity contribution in [3.63, 3.8) is 0 Å². The molecule has 0 aliphatic carbocycles. The van der Waals surface area contributed by atoms with Gasteiger partial charge in [-0.3, -0.25) is 0 Å². The van der Waals surface area contributed by atoms with E-state index in [4.69, 9.17) is 20.3 Å². The number of nitrogens with zero attached hydrogens (tertiary/aromatic N) is 1. The van der Waals surface area contributed by atoms with E-state index in [-0.39, 0.29) is 17.1 Å². The first-order chi connectivity index (χ1) is 8.83. The molecule has 2 aromatic carbocycles. The van der Waals surface area contributed by atoms with Crippen molar-refractivity contribution in [3.8, 4) is 6.07 Å². The fourth-order valence-corrected chi connectivity index (χ4v) is 0.866. The van der Waals surface area contributed by atoms with Crippen molar-refractivity contribution >= 4 is 5.69 Å². The van der Waals surface area contributed by atoms with Gasteiger partial charge in [-0.15, -0.1) is 5.69 Å². The Labute approximate surface area is 123 Å². The maximum absolute atomic E-state index is 8.32. The van der Waals surface area contributed by atoms with Gasteiger partial charge in [-0.1, -0.05) is 12.1 Å². The predicted molar refractivity (Wildman–Crippen MR) is 65.0 cm³/mol. The van der Waals surface area contributed by atoms with E-state index in [1.54, 1.807) is 24.3 Å². The number of nitrogens with one attached hydrogen (secondary N) is 1. The topological polar surface area (TPSA) is 87.4 Å². The van der Waals surface area contributed by atoms with Crippen LogP contribution in [0.2, 0.25) is 0 Å². The zero-order chi connectivity index (χ0) is 14.2. The fraction of sp³-hybridized carbons (Fsp3) is 0. The van der Waals surface area contributed by atoms with E-state index in [1.165, 1.54) is 0 Å². The second-order valence-corrected chi connectivity index (χ2v) is 2.65. The van der Waals surface area contributed by atoms with Gasteiger partial charge in [-0.25, -0.2) is 12.1 Å². The number of rotatable bonds is 0. The van der Waals surface area contributed by atoms with E-state index < -0.39 is 0 Å². The van der Waals surface area contributed by atoms with Crippen molar-refractivity contribution < 1.29 is 26.4 Å². The Balaban J connectivity index is -0.000000220. The number of benzene rings is 1. The minimum absolute atomic E-state index is 0. The van der Waals surface area contributed by atoms with Gasteiger partial charge in [-0.05, 0) is 12.1 Å². The zero-order valence-corrected chi connectivity index (χ0v) is 10.9.